The fourth-order valence-electron chi connectivity index (χ4n) is 3.02. The van der Waals surface area contributed by atoms with Crippen molar-refractivity contribution in [3.8, 4) is 28.3 Å². The number of nitrogens with zero attached hydrogens (tertiary/aromatic N) is 2. The van der Waals surface area contributed by atoms with E-state index in [-0.39, 0.29) is 10.8 Å². The number of aryl methyl sites for hydroxylation is 1. The van der Waals surface area contributed by atoms with E-state index in [4.69, 9.17) is 13.7 Å². The van der Waals surface area contributed by atoms with Gasteiger partial charge in [0.05, 0.1) is 23.9 Å². The van der Waals surface area contributed by atoms with Crippen molar-refractivity contribution in [2.45, 2.75) is 18.7 Å². The Hall–Kier alpha value is -3.59. The Balaban J connectivity index is 1.79. The van der Waals surface area contributed by atoms with Crippen LogP contribution in [0.5, 0.6) is 5.75 Å². The van der Waals surface area contributed by atoms with Gasteiger partial charge in [-0.1, -0.05) is 23.4 Å². The molecule has 2 aromatic carbocycles. The molecule has 0 unspecified atom stereocenters. The molecular weight excluding hydrogens is 406 g/mol. The van der Waals surface area contributed by atoms with Crippen LogP contribution in [0.1, 0.15) is 11.3 Å². The van der Waals surface area contributed by atoms with Gasteiger partial charge in [0.25, 0.3) is 10.0 Å². The third kappa shape index (κ3) is 3.55. The van der Waals surface area contributed by atoms with Crippen molar-refractivity contribution in [1.82, 2.24) is 10.1 Å². The van der Waals surface area contributed by atoms with Crippen molar-refractivity contribution in [2.75, 3.05) is 11.8 Å². The summed E-state index contributed by atoms with van der Waals surface area (Å²) in [6.45, 7) is 3.48. The number of hydrogen-bond acceptors (Lipinski definition) is 7. The highest BCUT2D eigenvalue weighted by molar-refractivity contribution is 7.92. The minimum Gasteiger partial charge on any atom is -0.496 e. The quantitative estimate of drug-likeness (QED) is 0.487. The number of rotatable bonds is 6. The molecule has 30 heavy (non-hydrogen) atoms. The number of methoxy groups -OCH3 is 1. The monoisotopic (exact) mass is 425 g/mol. The molecule has 0 aliphatic heterocycles. The second-order valence-electron chi connectivity index (χ2n) is 6.58. The predicted molar refractivity (Wildman–Crippen MR) is 111 cm³/mol. The molecule has 0 atom stereocenters. The summed E-state index contributed by atoms with van der Waals surface area (Å²) in [6, 6.07) is 12.0. The molecule has 8 nitrogen and oxygen atoms in total. The summed E-state index contributed by atoms with van der Waals surface area (Å²) in [5.74, 6) is 1.02. The van der Waals surface area contributed by atoms with Gasteiger partial charge in [-0.05, 0) is 38.1 Å². The van der Waals surface area contributed by atoms with Crippen LogP contribution in [0.4, 0.5) is 5.88 Å². The highest BCUT2D eigenvalue weighted by Gasteiger charge is 2.24. The van der Waals surface area contributed by atoms with Gasteiger partial charge in [0.1, 0.15) is 12.0 Å². The van der Waals surface area contributed by atoms with Crippen LogP contribution in [-0.2, 0) is 10.0 Å². The zero-order valence-electron chi connectivity index (χ0n) is 16.5. The lowest BCUT2D eigenvalue weighted by Gasteiger charge is -2.14. The van der Waals surface area contributed by atoms with Gasteiger partial charge in [0.2, 0.25) is 11.8 Å². The number of benzene rings is 2. The molecule has 0 aliphatic carbocycles. The highest BCUT2D eigenvalue weighted by atomic mass is 32.2. The lowest BCUT2D eigenvalue weighted by Crippen LogP contribution is -2.14. The van der Waals surface area contributed by atoms with Crippen molar-refractivity contribution in [2.24, 2.45) is 0 Å². The van der Waals surface area contributed by atoms with Gasteiger partial charge in [0.15, 0.2) is 0 Å². The van der Waals surface area contributed by atoms with Gasteiger partial charge in [-0.25, -0.2) is 18.1 Å². The average Bonchev–Trinajstić information content (AvgIpc) is 3.39. The van der Waals surface area contributed by atoms with Crippen LogP contribution in [0.2, 0.25) is 0 Å². The molecule has 154 valence electrons. The molecule has 0 radical (unpaired) electrons. The van der Waals surface area contributed by atoms with Crippen molar-refractivity contribution in [3.63, 3.8) is 0 Å². The fourth-order valence-corrected chi connectivity index (χ4v) is 4.29. The molecule has 2 aromatic heterocycles. The van der Waals surface area contributed by atoms with Gasteiger partial charge >= 0.3 is 0 Å². The maximum Gasteiger partial charge on any atom is 0.264 e. The Kier molecular flexibility index (Phi) is 5.04. The smallest absolute Gasteiger partial charge is 0.264 e. The summed E-state index contributed by atoms with van der Waals surface area (Å²) < 4.78 is 44.8. The van der Waals surface area contributed by atoms with E-state index in [0.29, 0.717) is 39.6 Å². The first-order chi connectivity index (χ1) is 14.4. The molecular formula is C21H19N3O5S. The van der Waals surface area contributed by atoms with Gasteiger partial charge in [-0.2, -0.15) is 0 Å². The number of anilines is 1. The fraction of sp³-hybridized carbons (Fsp3) is 0.143. The average molecular weight is 425 g/mol. The van der Waals surface area contributed by atoms with E-state index in [9.17, 15) is 8.42 Å². The second-order valence-corrected chi connectivity index (χ2v) is 8.23. The Morgan fingerprint density at radius 1 is 1.07 bits per heavy atom. The molecule has 0 fully saturated rings. The molecule has 0 saturated carbocycles. The summed E-state index contributed by atoms with van der Waals surface area (Å²) in [4.78, 5) is 4.22. The van der Waals surface area contributed by atoms with E-state index < -0.39 is 10.0 Å². The van der Waals surface area contributed by atoms with Crippen LogP contribution < -0.4 is 9.46 Å². The number of nitrogens with one attached hydrogen (secondary N) is 1. The van der Waals surface area contributed by atoms with Gasteiger partial charge in [0, 0.05) is 22.3 Å². The van der Waals surface area contributed by atoms with E-state index in [2.05, 4.69) is 14.9 Å². The maximum atomic E-state index is 13.1. The Bertz CT molecular complexity index is 1290. The number of hydrogen-bond donors (Lipinski definition) is 1. The van der Waals surface area contributed by atoms with Crippen molar-refractivity contribution >= 4 is 15.9 Å². The number of aromatic nitrogens is 2. The lowest BCUT2D eigenvalue weighted by molar-refractivity contribution is 0.416. The van der Waals surface area contributed by atoms with Crippen LogP contribution in [0, 0.1) is 13.8 Å². The van der Waals surface area contributed by atoms with Crippen LogP contribution in [-0.4, -0.2) is 25.7 Å². The second kappa shape index (κ2) is 7.68. The largest absolute Gasteiger partial charge is 0.496 e. The van der Waals surface area contributed by atoms with E-state index in [1.165, 1.54) is 19.4 Å². The topological polar surface area (TPSA) is 107 Å². The van der Waals surface area contributed by atoms with Crippen molar-refractivity contribution in [1.29, 1.82) is 0 Å². The first-order valence-corrected chi connectivity index (χ1v) is 10.5. The summed E-state index contributed by atoms with van der Waals surface area (Å²) in [5, 5.41) is 3.80. The molecule has 0 amide bonds. The van der Waals surface area contributed by atoms with E-state index in [0.717, 1.165) is 0 Å². The molecule has 4 rings (SSSR count). The summed E-state index contributed by atoms with van der Waals surface area (Å²) in [5.41, 5.74) is 3.05. The molecule has 0 aliphatic rings. The Morgan fingerprint density at radius 2 is 1.87 bits per heavy atom. The third-order valence-corrected chi connectivity index (χ3v) is 6.12. The molecule has 0 spiro atoms. The summed E-state index contributed by atoms with van der Waals surface area (Å²) in [6.07, 6.45) is 3.03. The van der Waals surface area contributed by atoms with Gasteiger partial charge in [-0.3, -0.25) is 0 Å². The normalized spacial score (nSPS) is 11.4. The Labute approximate surface area is 173 Å². The minimum absolute atomic E-state index is 0.0839. The molecule has 2 heterocycles. The summed E-state index contributed by atoms with van der Waals surface area (Å²) >= 11 is 0. The lowest BCUT2D eigenvalue weighted by atomic mass is 10.0. The van der Waals surface area contributed by atoms with Crippen LogP contribution in [0.3, 0.4) is 0 Å². The molecule has 0 bridgehead atoms. The first kappa shape index (κ1) is 19.7. The van der Waals surface area contributed by atoms with Crippen LogP contribution in [0.15, 0.2) is 68.8 Å². The van der Waals surface area contributed by atoms with E-state index in [1.807, 2.05) is 0 Å². The number of oxazole rings is 1. The Morgan fingerprint density at radius 3 is 2.53 bits per heavy atom. The number of ether oxygens (including phenoxy) is 1. The molecule has 9 heteroatoms. The molecule has 4 aromatic rings. The van der Waals surface area contributed by atoms with Crippen LogP contribution in [0.25, 0.3) is 22.6 Å². The van der Waals surface area contributed by atoms with Gasteiger partial charge < -0.3 is 13.7 Å². The van der Waals surface area contributed by atoms with E-state index >= 15 is 0 Å². The predicted octanol–water partition coefficient (Wildman–Crippen LogP) is 4.42. The van der Waals surface area contributed by atoms with Crippen LogP contribution >= 0.6 is 0 Å². The minimum atomic E-state index is -3.95. The van der Waals surface area contributed by atoms with Crippen molar-refractivity contribution < 1.29 is 22.1 Å². The molecule has 0 saturated heterocycles. The maximum absolute atomic E-state index is 13.1. The van der Waals surface area contributed by atoms with Crippen molar-refractivity contribution in [3.05, 3.63) is 66.2 Å². The first-order valence-electron chi connectivity index (χ1n) is 9.03. The summed E-state index contributed by atoms with van der Waals surface area (Å²) in [7, 11) is -2.43. The zero-order chi connectivity index (χ0) is 21.3. The number of sulfonamides is 1. The molecule has 1 N–H and O–H groups in total. The standard InChI is InChI=1S/C21H19N3O5S/c1-13-14(2)23-29-20(13)24-30(25,26)19-7-5-4-6-17(19)16-9-8-15(12-18(16)27-3)21-22-10-11-28-21/h4-12,24H,1-3H3. The highest BCUT2D eigenvalue weighted by Crippen LogP contribution is 2.37. The SMILES string of the molecule is COc1cc(-c2ncco2)ccc1-c1ccccc1S(=O)(=O)Nc1onc(C)c1C. The van der Waals surface area contributed by atoms with Gasteiger partial charge in [-0.15, -0.1) is 0 Å². The van der Waals surface area contributed by atoms with E-state index in [1.54, 1.807) is 56.4 Å². The third-order valence-electron chi connectivity index (χ3n) is 4.73. The zero-order valence-corrected chi connectivity index (χ0v) is 17.4.